The van der Waals surface area contributed by atoms with E-state index in [0.717, 1.165) is 31.2 Å². The summed E-state index contributed by atoms with van der Waals surface area (Å²) >= 11 is 0. The van der Waals surface area contributed by atoms with Gasteiger partial charge in [0.15, 0.2) is 18.2 Å². The van der Waals surface area contributed by atoms with Crippen LogP contribution >= 0.6 is 0 Å². The van der Waals surface area contributed by atoms with Crippen molar-refractivity contribution in [3.8, 4) is 23.1 Å². The van der Waals surface area contributed by atoms with Gasteiger partial charge in [0, 0.05) is 25.2 Å². The molecule has 10 nitrogen and oxygen atoms in total. The van der Waals surface area contributed by atoms with E-state index in [0.29, 0.717) is 45.9 Å². The molecule has 0 atom stereocenters. The first-order valence-corrected chi connectivity index (χ1v) is 14.4. The summed E-state index contributed by atoms with van der Waals surface area (Å²) < 4.78 is 32.9. The van der Waals surface area contributed by atoms with Crippen LogP contribution in [0.4, 0.5) is 0 Å². The van der Waals surface area contributed by atoms with Crippen LogP contribution in [-0.4, -0.2) is 48.6 Å². The predicted octanol–water partition coefficient (Wildman–Crippen LogP) is 6.14. The third-order valence-corrected chi connectivity index (χ3v) is 7.26. The number of hydrogen-bond donors (Lipinski definition) is 1. The van der Waals surface area contributed by atoms with Crippen molar-refractivity contribution >= 4 is 22.7 Å². The molecule has 1 saturated carbocycles. The highest BCUT2D eigenvalue weighted by atomic mass is 16.7. The molecular weight excluding hydrogens is 554 g/mol. The topological polar surface area (TPSA) is 127 Å². The molecule has 5 rings (SSSR count). The number of esters is 1. The molecule has 0 aliphatic heterocycles. The van der Waals surface area contributed by atoms with E-state index in [4.69, 9.17) is 28.2 Å². The van der Waals surface area contributed by atoms with Crippen molar-refractivity contribution in [1.29, 1.82) is 0 Å². The molecule has 0 unspecified atom stereocenters. The van der Waals surface area contributed by atoms with E-state index in [1.807, 2.05) is 12.1 Å². The lowest BCUT2D eigenvalue weighted by Crippen LogP contribution is -2.11. The van der Waals surface area contributed by atoms with Gasteiger partial charge in [0.05, 0.1) is 23.7 Å². The minimum atomic E-state index is -0.351. The zero-order valence-electron chi connectivity index (χ0n) is 24.3. The Bertz CT molecular complexity index is 1570. The molecule has 0 bridgehead atoms. The lowest BCUT2D eigenvalue weighted by Gasteiger charge is -2.15. The molecule has 1 N–H and O–H groups in total. The molecule has 0 amide bonds. The third-order valence-electron chi connectivity index (χ3n) is 7.26. The van der Waals surface area contributed by atoms with Crippen molar-refractivity contribution in [2.45, 2.75) is 58.2 Å². The number of ether oxygens (including phenoxy) is 5. The zero-order valence-corrected chi connectivity index (χ0v) is 24.3. The molecule has 0 radical (unpaired) electrons. The molecule has 3 aromatic carbocycles. The average molecular weight is 590 g/mol. The van der Waals surface area contributed by atoms with Crippen LogP contribution in [0, 0.1) is 0 Å². The molecule has 4 aromatic rings. The van der Waals surface area contributed by atoms with Crippen LogP contribution in [-0.2, 0) is 27.3 Å². The lowest BCUT2D eigenvalue weighted by atomic mass is 9.98. The second-order valence-electron chi connectivity index (χ2n) is 10.3. The summed E-state index contributed by atoms with van der Waals surface area (Å²) in [6.07, 6.45) is 4.81. The minimum absolute atomic E-state index is 0.0549. The number of phenolic OH excluding ortho intramolecular Hbond substituents is 1. The van der Waals surface area contributed by atoms with Crippen molar-refractivity contribution in [2.24, 2.45) is 0 Å². The number of aromatic hydroxyl groups is 1. The van der Waals surface area contributed by atoms with E-state index in [1.54, 1.807) is 43.3 Å². The van der Waals surface area contributed by atoms with Crippen LogP contribution in [0.5, 0.6) is 23.1 Å². The van der Waals surface area contributed by atoms with Gasteiger partial charge in [0.1, 0.15) is 23.9 Å². The molecular formula is C33H35NO9. The number of aryl methyl sites for hydroxylation is 1. The van der Waals surface area contributed by atoms with Gasteiger partial charge in [-0.1, -0.05) is 6.07 Å². The molecule has 1 aliphatic carbocycles. The largest absolute Gasteiger partial charge is 0.507 e. The molecule has 10 heteroatoms. The van der Waals surface area contributed by atoms with Crippen molar-refractivity contribution in [3.05, 3.63) is 76.9 Å². The first kappa shape index (κ1) is 29.9. The second kappa shape index (κ2) is 14.1. The summed E-state index contributed by atoms with van der Waals surface area (Å²) in [6, 6.07) is 15.3. The first-order valence-electron chi connectivity index (χ1n) is 14.4. The van der Waals surface area contributed by atoms with Gasteiger partial charge in [-0.2, -0.15) is 0 Å². The van der Waals surface area contributed by atoms with Gasteiger partial charge in [0.2, 0.25) is 0 Å². The Morgan fingerprint density at radius 2 is 1.86 bits per heavy atom. The Labute approximate surface area is 249 Å². The zero-order chi connectivity index (χ0) is 30.2. The van der Waals surface area contributed by atoms with Crippen molar-refractivity contribution in [2.75, 3.05) is 20.5 Å². The van der Waals surface area contributed by atoms with Gasteiger partial charge in [-0.05, 0) is 97.8 Å². The molecule has 1 fully saturated rings. The van der Waals surface area contributed by atoms with Crippen LogP contribution < -0.4 is 14.2 Å². The maximum atomic E-state index is 13.4. The van der Waals surface area contributed by atoms with Crippen molar-refractivity contribution in [1.82, 2.24) is 5.16 Å². The number of methoxy groups -OCH3 is 1. The van der Waals surface area contributed by atoms with Crippen LogP contribution in [0.1, 0.15) is 66.1 Å². The Morgan fingerprint density at radius 3 is 2.63 bits per heavy atom. The van der Waals surface area contributed by atoms with E-state index in [2.05, 4.69) is 5.16 Å². The fourth-order valence-electron chi connectivity index (χ4n) is 5.09. The number of carbonyl (C=O) groups excluding carboxylic acids is 2. The number of rotatable bonds is 14. The van der Waals surface area contributed by atoms with E-state index in [-0.39, 0.29) is 55.6 Å². The monoisotopic (exact) mass is 589 g/mol. The van der Waals surface area contributed by atoms with E-state index in [1.165, 1.54) is 13.2 Å². The Kier molecular flexibility index (Phi) is 9.78. The number of fused-ring (bicyclic) bond motifs is 1. The quantitative estimate of drug-likeness (QED) is 0.104. The molecule has 226 valence electrons. The summed E-state index contributed by atoms with van der Waals surface area (Å²) in [5.74, 6) is 0.564. The fraction of sp³-hybridized carbons (Fsp3) is 0.364. The Balaban J connectivity index is 1.33. The SMILES string of the molecule is CCOC(=O)CCc1cc(C(=O)c2ccc(OC3CCCC3)cc2O)ccc1OCc1ccc2c(OCOC)noc2c1. The number of nitrogens with zero attached hydrogens (tertiary/aromatic N) is 1. The maximum Gasteiger partial charge on any atom is 0.306 e. The summed E-state index contributed by atoms with van der Waals surface area (Å²) in [5.41, 5.74) is 2.55. The summed E-state index contributed by atoms with van der Waals surface area (Å²) in [7, 11) is 1.52. The van der Waals surface area contributed by atoms with Gasteiger partial charge in [-0.3, -0.25) is 9.59 Å². The molecule has 0 spiro atoms. The fourth-order valence-corrected chi connectivity index (χ4v) is 5.09. The number of carbonyl (C=O) groups is 2. The number of benzene rings is 3. The molecule has 1 aromatic heterocycles. The number of phenols is 1. The Hall–Kier alpha value is -4.57. The predicted molar refractivity (Wildman–Crippen MR) is 157 cm³/mol. The average Bonchev–Trinajstić information content (AvgIpc) is 3.67. The van der Waals surface area contributed by atoms with Gasteiger partial charge >= 0.3 is 5.97 Å². The van der Waals surface area contributed by atoms with Gasteiger partial charge < -0.3 is 33.3 Å². The number of hydrogen-bond acceptors (Lipinski definition) is 10. The third kappa shape index (κ3) is 7.45. The van der Waals surface area contributed by atoms with Crippen LogP contribution in [0.25, 0.3) is 11.0 Å². The second-order valence-corrected chi connectivity index (χ2v) is 10.3. The molecule has 0 saturated heterocycles. The summed E-state index contributed by atoms with van der Waals surface area (Å²) in [5, 5.41) is 15.3. The number of aromatic nitrogens is 1. The molecule has 1 heterocycles. The highest BCUT2D eigenvalue weighted by molar-refractivity contribution is 6.11. The molecule has 43 heavy (non-hydrogen) atoms. The highest BCUT2D eigenvalue weighted by Crippen LogP contribution is 2.32. The normalized spacial score (nSPS) is 13.3. The summed E-state index contributed by atoms with van der Waals surface area (Å²) in [4.78, 5) is 25.6. The van der Waals surface area contributed by atoms with Crippen molar-refractivity contribution in [3.63, 3.8) is 0 Å². The van der Waals surface area contributed by atoms with Crippen LogP contribution in [0.3, 0.4) is 0 Å². The van der Waals surface area contributed by atoms with E-state index >= 15 is 0 Å². The highest BCUT2D eigenvalue weighted by Gasteiger charge is 2.20. The standard InChI is InChI=1S/C33H35NO9/c1-3-39-31(36)15-10-22-17-23(32(37)26-13-11-25(18-28(26)35)42-24-6-4-5-7-24)9-14-29(22)40-19-21-8-12-27-30(16-21)43-34-33(27)41-20-38-2/h8-9,11-14,16-18,24,35H,3-7,10,15,19-20H2,1-2H3. The van der Waals surface area contributed by atoms with Crippen LogP contribution in [0.2, 0.25) is 0 Å². The van der Waals surface area contributed by atoms with Gasteiger partial charge in [0.25, 0.3) is 5.88 Å². The summed E-state index contributed by atoms with van der Waals surface area (Å²) in [6.45, 7) is 2.29. The van der Waals surface area contributed by atoms with Gasteiger partial charge in [-0.25, -0.2) is 0 Å². The number of ketones is 1. The van der Waals surface area contributed by atoms with E-state index in [9.17, 15) is 14.7 Å². The van der Waals surface area contributed by atoms with Gasteiger partial charge in [-0.15, -0.1) is 0 Å². The minimum Gasteiger partial charge on any atom is -0.507 e. The molecule has 1 aliphatic rings. The van der Waals surface area contributed by atoms with Crippen molar-refractivity contribution < 1.29 is 42.9 Å². The maximum absolute atomic E-state index is 13.4. The van der Waals surface area contributed by atoms with Crippen LogP contribution in [0.15, 0.2) is 59.1 Å². The lowest BCUT2D eigenvalue weighted by molar-refractivity contribution is -0.143. The first-order chi connectivity index (χ1) is 20.9. The van der Waals surface area contributed by atoms with E-state index < -0.39 is 0 Å². The Morgan fingerprint density at radius 1 is 1.02 bits per heavy atom. The smallest absolute Gasteiger partial charge is 0.306 e.